The quantitative estimate of drug-likeness (QED) is 0.729. The normalized spacial score (nSPS) is 15.6. The van der Waals surface area contributed by atoms with Gasteiger partial charge in [0.05, 0.1) is 0 Å². The lowest BCUT2D eigenvalue weighted by Crippen LogP contribution is -2.18. The van der Waals surface area contributed by atoms with Gasteiger partial charge in [-0.05, 0) is 61.5 Å². The van der Waals surface area contributed by atoms with Crippen molar-refractivity contribution in [3.63, 3.8) is 0 Å². The molecule has 1 aliphatic rings. The van der Waals surface area contributed by atoms with Crippen LogP contribution >= 0.6 is 23.4 Å². The second-order valence-corrected chi connectivity index (χ2v) is 8.29. The molecule has 4 rings (SSSR count). The summed E-state index contributed by atoms with van der Waals surface area (Å²) in [6, 6.07) is 7.51. The first-order valence-electron chi connectivity index (χ1n) is 8.99. The number of nitrogens with zero attached hydrogens (tertiary/aromatic N) is 3. The summed E-state index contributed by atoms with van der Waals surface area (Å²) in [5.74, 6) is 4.53. The second kappa shape index (κ2) is 7.45. The lowest BCUT2D eigenvalue weighted by atomic mass is 9.98. The minimum atomic E-state index is -0.155. The monoisotopic (exact) mass is 388 g/mol. The van der Waals surface area contributed by atoms with Gasteiger partial charge in [-0.1, -0.05) is 11.6 Å². The molecule has 3 heterocycles. The van der Waals surface area contributed by atoms with Gasteiger partial charge in [-0.3, -0.25) is 4.79 Å². The van der Waals surface area contributed by atoms with E-state index < -0.39 is 0 Å². The van der Waals surface area contributed by atoms with E-state index >= 15 is 0 Å². The summed E-state index contributed by atoms with van der Waals surface area (Å²) >= 11 is 8.00. The molecule has 0 spiro atoms. The molecule has 1 saturated heterocycles. The highest BCUT2D eigenvalue weighted by molar-refractivity contribution is 7.99. The zero-order chi connectivity index (χ0) is 18.1. The summed E-state index contributed by atoms with van der Waals surface area (Å²) in [5.41, 5.74) is 1.85. The molecule has 1 aromatic carbocycles. The number of hydrogen-bond acceptors (Lipinski definition) is 4. The number of rotatable bonds is 4. The average Bonchev–Trinajstić information content (AvgIpc) is 3.02. The number of H-pyrrole nitrogens is 1. The molecule has 2 aromatic heterocycles. The average molecular weight is 389 g/mol. The third-order valence-electron chi connectivity index (χ3n) is 4.90. The van der Waals surface area contributed by atoms with Crippen molar-refractivity contribution < 1.29 is 0 Å². The van der Waals surface area contributed by atoms with Crippen molar-refractivity contribution in [3.8, 4) is 11.4 Å². The fourth-order valence-electron chi connectivity index (χ4n) is 3.50. The smallest absolute Gasteiger partial charge is 0.279 e. The summed E-state index contributed by atoms with van der Waals surface area (Å²) < 4.78 is 2.01. The Bertz CT molecular complexity index is 974. The van der Waals surface area contributed by atoms with Crippen molar-refractivity contribution >= 4 is 34.5 Å². The predicted molar refractivity (Wildman–Crippen MR) is 108 cm³/mol. The van der Waals surface area contributed by atoms with E-state index in [0.29, 0.717) is 28.6 Å². The van der Waals surface area contributed by atoms with Gasteiger partial charge in [0.15, 0.2) is 11.2 Å². The molecule has 3 aromatic rings. The van der Waals surface area contributed by atoms with Gasteiger partial charge in [0, 0.05) is 23.6 Å². The Kier molecular flexibility index (Phi) is 5.05. The Balaban J connectivity index is 1.77. The van der Waals surface area contributed by atoms with E-state index in [-0.39, 0.29) is 5.56 Å². The van der Waals surface area contributed by atoms with Crippen molar-refractivity contribution in [3.05, 3.63) is 45.5 Å². The first-order chi connectivity index (χ1) is 12.7. The Morgan fingerprint density at radius 2 is 1.96 bits per heavy atom. The molecular weight excluding hydrogens is 368 g/mol. The number of fused-ring (bicyclic) bond motifs is 1. The SMILES string of the molecule is CCn1c(-c2ccc(Cl)cc2)nc2c(=O)[nH]c(CC3CCSCC3)nc21. The van der Waals surface area contributed by atoms with E-state index in [1.165, 1.54) is 24.3 Å². The number of aromatic nitrogens is 4. The molecule has 1 fully saturated rings. The van der Waals surface area contributed by atoms with Crippen LogP contribution in [0.4, 0.5) is 0 Å². The van der Waals surface area contributed by atoms with Gasteiger partial charge in [0.1, 0.15) is 11.6 Å². The molecule has 0 bridgehead atoms. The Labute approximate surface area is 161 Å². The Morgan fingerprint density at radius 3 is 2.65 bits per heavy atom. The zero-order valence-corrected chi connectivity index (χ0v) is 16.2. The van der Waals surface area contributed by atoms with Gasteiger partial charge >= 0.3 is 0 Å². The summed E-state index contributed by atoms with van der Waals surface area (Å²) in [4.78, 5) is 24.9. The molecule has 1 aliphatic heterocycles. The minimum Gasteiger partial charge on any atom is -0.309 e. The van der Waals surface area contributed by atoms with Crippen LogP contribution in [-0.2, 0) is 13.0 Å². The van der Waals surface area contributed by atoms with Crippen LogP contribution < -0.4 is 5.56 Å². The van der Waals surface area contributed by atoms with Crippen LogP contribution in [0.1, 0.15) is 25.6 Å². The van der Waals surface area contributed by atoms with E-state index in [4.69, 9.17) is 16.6 Å². The molecular formula is C19H21ClN4OS. The number of benzene rings is 1. The van der Waals surface area contributed by atoms with Crippen LogP contribution in [0, 0.1) is 5.92 Å². The van der Waals surface area contributed by atoms with Crippen LogP contribution in [0.3, 0.4) is 0 Å². The van der Waals surface area contributed by atoms with E-state index in [1.54, 1.807) is 0 Å². The van der Waals surface area contributed by atoms with Gasteiger partial charge in [0.2, 0.25) is 0 Å². The fourth-order valence-corrected chi connectivity index (χ4v) is 4.83. The number of thioether (sulfide) groups is 1. The third-order valence-corrected chi connectivity index (χ3v) is 6.20. The molecule has 1 N–H and O–H groups in total. The van der Waals surface area contributed by atoms with E-state index in [9.17, 15) is 4.79 Å². The first-order valence-corrected chi connectivity index (χ1v) is 10.5. The maximum atomic E-state index is 12.6. The lowest BCUT2D eigenvalue weighted by Gasteiger charge is -2.20. The molecule has 0 aliphatic carbocycles. The van der Waals surface area contributed by atoms with Crippen LogP contribution in [0.15, 0.2) is 29.1 Å². The number of imidazole rings is 1. The molecule has 0 atom stereocenters. The molecule has 7 heteroatoms. The summed E-state index contributed by atoms with van der Waals surface area (Å²) in [7, 11) is 0. The highest BCUT2D eigenvalue weighted by Crippen LogP contribution is 2.26. The lowest BCUT2D eigenvalue weighted by molar-refractivity contribution is 0.476. The van der Waals surface area contributed by atoms with Gasteiger partial charge in [0.25, 0.3) is 5.56 Å². The van der Waals surface area contributed by atoms with Gasteiger partial charge in [-0.15, -0.1) is 0 Å². The molecule has 26 heavy (non-hydrogen) atoms. The Morgan fingerprint density at radius 1 is 1.23 bits per heavy atom. The van der Waals surface area contributed by atoms with Crippen molar-refractivity contribution in [2.45, 2.75) is 32.7 Å². The van der Waals surface area contributed by atoms with E-state index in [1.807, 2.05) is 47.5 Å². The standard InChI is InChI=1S/C19H21ClN4OS/c1-2-24-17(13-3-5-14(20)6-4-13)23-16-18(24)21-15(22-19(16)25)11-12-7-9-26-10-8-12/h3-6,12H,2,7-11H2,1H3,(H,21,22,25). The number of aromatic amines is 1. The van der Waals surface area contributed by atoms with Gasteiger partial charge in [-0.25, -0.2) is 9.97 Å². The highest BCUT2D eigenvalue weighted by Gasteiger charge is 2.19. The minimum absolute atomic E-state index is 0.155. The Hall–Kier alpha value is -1.79. The third kappa shape index (κ3) is 3.40. The van der Waals surface area contributed by atoms with Gasteiger partial charge in [-0.2, -0.15) is 11.8 Å². The van der Waals surface area contributed by atoms with Gasteiger partial charge < -0.3 is 9.55 Å². The van der Waals surface area contributed by atoms with Crippen LogP contribution in [0.25, 0.3) is 22.6 Å². The van der Waals surface area contributed by atoms with Crippen molar-refractivity contribution in [2.75, 3.05) is 11.5 Å². The van der Waals surface area contributed by atoms with E-state index in [2.05, 4.69) is 9.97 Å². The molecule has 0 saturated carbocycles. The van der Waals surface area contributed by atoms with Crippen LogP contribution in [-0.4, -0.2) is 31.0 Å². The number of hydrogen-bond donors (Lipinski definition) is 1. The van der Waals surface area contributed by atoms with E-state index in [0.717, 1.165) is 23.6 Å². The van der Waals surface area contributed by atoms with Crippen molar-refractivity contribution in [2.24, 2.45) is 5.92 Å². The summed E-state index contributed by atoms with van der Waals surface area (Å²) in [6.45, 7) is 2.74. The molecule has 0 amide bonds. The largest absolute Gasteiger partial charge is 0.309 e. The summed E-state index contributed by atoms with van der Waals surface area (Å²) in [5, 5.41) is 0.678. The maximum absolute atomic E-state index is 12.6. The molecule has 0 unspecified atom stereocenters. The predicted octanol–water partition coefficient (Wildman–Crippen LogP) is 4.15. The zero-order valence-electron chi connectivity index (χ0n) is 14.7. The van der Waals surface area contributed by atoms with Crippen molar-refractivity contribution in [1.29, 1.82) is 0 Å². The number of halogens is 1. The second-order valence-electron chi connectivity index (χ2n) is 6.63. The highest BCUT2D eigenvalue weighted by atomic mass is 35.5. The topological polar surface area (TPSA) is 63.6 Å². The summed E-state index contributed by atoms with van der Waals surface area (Å²) in [6.07, 6.45) is 3.21. The number of aryl methyl sites for hydroxylation is 1. The molecule has 136 valence electrons. The number of nitrogens with one attached hydrogen (secondary N) is 1. The van der Waals surface area contributed by atoms with Crippen LogP contribution in [0.5, 0.6) is 0 Å². The fraction of sp³-hybridized carbons (Fsp3) is 0.421. The molecule has 5 nitrogen and oxygen atoms in total. The first kappa shape index (κ1) is 17.6. The molecule has 0 radical (unpaired) electrons. The van der Waals surface area contributed by atoms with Crippen LogP contribution in [0.2, 0.25) is 5.02 Å². The van der Waals surface area contributed by atoms with Crippen molar-refractivity contribution in [1.82, 2.24) is 19.5 Å². The maximum Gasteiger partial charge on any atom is 0.279 e.